The fourth-order valence-corrected chi connectivity index (χ4v) is 2.15. The van der Waals surface area contributed by atoms with Gasteiger partial charge >= 0.3 is 6.18 Å². The standard InChI is InChI=1S/C11H8F3IN2/c1-17-9(6-10(15)16-17)7-2-4-8(5-3-7)11(12,13)14/h2-6H,1H3. The molecule has 0 spiro atoms. The van der Waals surface area contributed by atoms with Crippen LogP contribution in [0.3, 0.4) is 0 Å². The highest BCUT2D eigenvalue weighted by molar-refractivity contribution is 14.1. The molecule has 0 bridgehead atoms. The van der Waals surface area contributed by atoms with Crippen molar-refractivity contribution >= 4 is 22.6 Å². The first-order valence-corrected chi connectivity index (χ1v) is 5.83. The number of halogens is 4. The van der Waals surface area contributed by atoms with Gasteiger partial charge in [0.1, 0.15) is 3.70 Å². The van der Waals surface area contributed by atoms with Gasteiger partial charge in [-0.1, -0.05) is 12.1 Å². The van der Waals surface area contributed by atoms with Crippen LogP contribution in [-0.4, -0.2) is 9.78 Å². The second-order valence-electron chi connectivity index (χ2n) is 3.55. The topological polar surface area (TPSA) is 17.8 Å². The van der Waals surface area contributed by atoms with Crippen LogP contribution < -0.4 is 0 Å². The molecule has 0 saturated carbocycles. The highest BCUT2D eigenvalue weighted by Crippen LogP contribution is 2.31. The molecule has 0 aliphatic carbocycles. The van der Waals surface area contributed by atoms with Crippen LogP contribution in [0.2, 0.25) is 0 Å². The molecule has 17 heavy (non-hydrogen) atoms. The lowest BCUT2D eigenvalue weighted by Gasteiger charge is -2.07. The van der Waals surface area contributed by atoms with E-state index in [2.05, 4.69) is 27.7 Å². The van der Waals surface area contributed by atoms with Crippen molar-refractivity contribution in [2.45, 2.75) is 6.18 Å². The number of aromatic nitrogens is 2. The molecule has 2 nitrogen and oxygen atoms in total. The van der Waals surface area contributed by atoms with Gasteiger partial charge in [-0.25, -0.2) is 0 Å². The van der Waals surface area contributed by atoms with Crippen LogP contribution in [0, 0.1) is 3.70 Å². The molecule has 2 rings (SSSR count). The number of alkyl halides is 3. The SMILES string of the molecule is Cn1nc(I)cc1-c1ccc(C(F)(F)F)cc1. The van der Waals surface area contributed by atoms with Crippen molar-refractivity contribution < 1.29 is 13.2 Å². The maximum absolute atomic E-state index is 12.4. The molecular formula is C11H8F3IN2. The van der Waals surface area contributed by atoms with Crippen LogP contribution in [0.15, 0.2) is 30.3 Å². The van der Waals surface area contributed by atoms with Crippen LogP contribution in [0.25, 0.3) is 11.3 Å². The second kappa shape index (κ2) is 4.32. The van der Waals surface area contributed by atoms with Gasteiger partial charge in [-0.15, -0.1) is 0 Å². The molecule has 0 amide bonds. The maximum atomic E-state index is 12.4. The Hall–Kier alpha value is -1.05. The molecular weight excluding hydrogens is 344 g/mol. The van der Waals surface area contributed by atoms with Crippen LogP contribution >= 0.6 is 22.6 Å². The van der Waals surface area contributed by atoms with Crippen LogP contribution in [0.4, 0.5) is 13.2 Å². The number of hydrogen-bond donors (Lipinski definition) is 0. The molecule has 0 fully saturated rings. The molecule has 0 atom stereocenters. The van der Waals surface area contributed by atoms with Gasteiger partial charge in [-0.05, 0) is 46.4 Å². The van der Waals surface area contributed by atoms with Crippen molar-refractivity contribution in [3.05, 3.63) is 39.6 Å². The van der Waals surface area contributed by atoms with E-state index in [0.29, 0.717) is 0 Å². The van der Waals surface area contributed by atoms with Crippen LogP contribution in [-0.2, 0) is 13.2 Å². The van der Waals surface area contributed by atoms with E-state index in [1.807, 2.05) is 6.07 Å². The molecule has 90 valence electrons. The lowest BCUT2D eigenvalue weighted by atomic mass is 10.1. The Morgan fingerprint density at radius 3 is 2.18 bits per heavy atom. The van der Waals surface area contributed by atoms with Gasteiger partial charge in [0.15, 0.2) is 0 Å². The Morgan fingerprint density at radius 1 is 1.18 bits per heavy atom. The van der Waals surface area contributed by atoms with Crippen molar-refractivity contribution in [3.63, 3.8) is 0 Å². The smallest absolute Gasteiger partial charge is 0.267 e. The van der Waals surface area contributed by atoms with Gasteiger partial charge in [0.25, 0.3) is 0 Å². The predicted molar refractivity (Wildman–Crippen MR) is 66.4 cm³/mol. The summed E-state index contributed by atoms with van der Waals surface area (Å²) in [6.45, 7) is 0. The summed E-state index contributed by atoms with van der Waals surface area (Å²) in [7, 11) is 1.76. The summed E-state index contributed by atoms with van der Waals surface area (Å²) < 4.78 is 39.6. The lowest BCUT2D eigenvalue weighted by molar-refractivity contribution is -0.137. The fourth-order valence-electron chi connectivity index (χ4n) is 1.53. The summed E-state index contributed by atoms with van der Waals surface area (Å²) in [6.07, 6.45) is -4.29. The van der Waals surface area contributed by atoms with E-state index < -0.39 is 11.7 Å². The van der Waals surface area contributed by atoms with E-state index in [1.54, 1.807) is 11.7 Å². The lowest BCUT2D eigenvalue weighted by Crippen LogP contribution is -2.04. The first-order valence-electron chi connectivity index (χ1n) is 4.75. The molecule has 1 aromatic carbocycles. The number of rotatable bonds is 1. The Kier molecular flexibility index (Phi) is 3.15. The Bertz CT molecular complexity index is 529. The molecule has 0 aliphatic rings. The van der Waals surface area contributed by atoms with Gasteiger partial charge in [0.05, 0.1) is 11.3 Å². The third kappa shape index (κ3) is 2.62. The summed E-state index contributed by atoms with van der Waals surface area (Å²) in [6, 6.07) is 6.89. The first kappa shape index (κ1) is 12.4. The summed E-state index contributed by atoms with van der Waals surface area (Å²) in [5.41, 5.74) is 0.872. The van der Waals surface area contributed by atoms with Gasteiger partial charge in [-0.2, -0.15) is 18.3 Å². The van der Waals surface area contributed by atoms with Crippen molar-refractivity contribution in [3.8, 4) is 11.3 Å². The molecule has 0 saturated heterocycles. The monoisotopic (exact) mass is 352 g/mol. The molecule has 1 aromatic heterocycles. The number of nitrogens with zero attached hydrogens (tertiary/aromatic N) is 2. The second-order valence-corrected chi connectivity index (χ2v) is 4.66. The van der Waals surface area contributed by atoms with E-state index in [0.717, 1.165) is 27.1 Å². The van der Waals surface area contributed by atoms with Crippen molar-refractivity contribution in [1.29, 1.82) is 0 Å². The Morgan fingerprint density at radius 2 is 1.76 bits per heavy atom. The highest BCUT2D eigenvalue weighted by Gasteiger charge is 2.30. The molecule has 1 heterocycles. The minimum atomic E-state index is -4.29. The molecule has 0 unspecified atom stereocenters. The predicted octanol–water partition coefficient (Wildman–Crippen LogP) is 3.71. The highest BCUT2D eigenvalue weighted by atomic mass is 127. The van der Waals surface area contributed by atoms with Gasteiger partial charge in [0.2, 0.25) is 0 Å². The molecule has 6 heteroatoms. The largest absolute Gasteiger partial charge is 0.416 e. The summed E-state index contributed by atoms with van der Waals surface area (Å²) in [4.78, 5) is 0. The molecule has 0 aliphatic heterocycles. The van der Waals surface area contributed by atoms with Crippen molar-refractivity contribution in [2.24, 2.45) is 7.05 Å². The third-order valence-electron chi connectivity index (χ3n) is 2.36. The normalized spacial score (nSPS) is 11.8. The van der Waals surface area contributed by atoms with Gasteiger partial charge < -0.3 is 0 Å². The van der Waals surface area contributed by atoms with Crippen LogP contribution in [0.5, 0.6) is 0 Å². The minimum absolute atomic E-state index is 0.641. The summed E-state index contributed by atoms with van der Waals surface area (Å²) in [5, 5.41) is 4.14. The number of benzene rings is 1. The van der Waals surface area contributed by atoms with E-state index in [-0.39, 0.29) is 0 Å². The van der Waals surface area contributed by atoms with Gasteiger partial charge in [0, 0.05) is 7.05 Å². The Labute approximate surface area is 110 Å². The van der Waals surface area contributed by atoms with E-state index >= 15 is 0 Å². The minimum Gasteiger partial charge on any atom is -0.267 e. The number of aryl methyl sites for hydroxylation is 1. The zero-order chi connectivity index (χ0) is 12.6. The maximum Gasteiger partial charge on any atom is 0.416 e. The summed E-state index contributed by atoms with van der Waals surface area (Å²) >= 11 is 2.06. The van der Waals surface area contributed by atoms with E-state index in [9.17, 15) is 13.2 Å². The molecule has 2 aromatic rings. The average molecular weight is 352 g/mol. The van der Waals surface area contributed by atoms with Crippen molar-refractivity contribution in [2.75, 3.05) is 0 Å². The fraction of sp³-hybridized carbons (Fsp3) is 0.182. The van der Waals surface area contributed by atoms with Crippen molar-refractivity contribution in [1.82, 2.24) is 9.78 Å². The average Bonchev–Trinajstić information content (AvgIpc) is 2.57. The molecule has 0 N–H and O–H groups in total. The van der Waals surface area contributed by atoms with Gasteiger partial charge in [-0.3, -0.25) is 4.68 Å². The summed E-state index contributed by atoms with van der Waals surface area (Å²) in [5.74, 6) is 0. The Balaban J connectivity index is 2.39. The zero-order valence-corrected chi connectivity index (χ0v) is 11.0. The van der Waals surface area contributed by atoms with E-state index in [4.69, 9.17) is 0 Å². The van der Waals surface area contributed by atoms with Crippen LogP contribution in [0.1, 0.15) is 5.56 Å². The third-order valence-corrected chi connectivity index (χ3v) is 2.89. The van der Waals surface area contributed by atoms with E-state index in [1.165, 1.54) is 12.1 Å². The number of hydrogen-bond acceptors (Lipinski definition) is 1. The first-order chi connectivity index (χ1) is 7.88. The molecule has 0 radical (unpaired) electrons. The zero-order valence-electron chi connectivity index (χ0n) is 8.79. The quantitative estimate of drug-likeness (QED) is 0.716.